The summed E-state index contributed by atoms with van der Waals surface area (Å²) in [6.07, 6.45) is 8.59. The zero-order valence-corrected chi connectivity index (χ0v) is 13.0. The molecule has 1 aliphatic carbocycles. The molecule has 1 unspecified atom stereocenters. The molecule has 1 saturated carbocycles. The van der Waals surface area contributed by atoms with E-state index in [0.717, 1.165) is 31.3 Å². The van der Waals surface area contributed by atoms with Crippen molar-refractivity contribution in [3.63, 3.8) is 0 Å². The third-order valence-corrected chi connectivity index (χ3v) is 4.23. The SMILES string of the molecule is CC(C)CCN(CCCC(C)(N)C#N)C1CCCC1. The van der Waals surface area contributed by atoms with Crippen LogP contribution in [0.2, 0.25) is 0 Å². The van der Waals surface area contributed by atoms with Crippen LogP contribution in [0.5, 0.6) is 0 Å². The summed E-state index contributed by atoms with van der Waals surface area (Å²) < 4.78 is 0. The average Bonchev–Trinajstić information content (AvgIpc) is 2.86. The van der Waals surface area contributed by atoms with Crippen molar-refractivity contribution in [2.24, 2.45) is 11.7 Å². The molecule has 1 rings (SSSR count). The van der Waals surface area contributed by atoms with E-state index >= 15 is 0 Å². The predicted octanol–water partition coefficient (Wildman–Crippen LogP) is 3.30. The first-order chi connectivity index (χ1) is 8.94. The topological polar surface area (TPSA) is 53.0 Å². The van der Waals surface area contributed by atoms with E-state index in [0.29, 0.717) is 0 Å². The smallest absolute Gasteiger partial charge is 0.101 e. The summed E-state index contributed by atoms with van der Waals surface area (Å²) in [5.74, 6) is 0.766. The average molecular weight is 265 g/mol. The van der Waals surface area contributed by atoms with Crippen LogP contribution in [0.4, 0.5) is 0 Å². The number of nitrogens with two attached hydrogens (primary N) is 1. The van der Waals surface area contributed by atoms with Gasteiger partial charge in [-0.15, -0.1) is 0 Å². The van der Waals surface area contributed by atoms with Crippen LogP contribution in [-0.2, 0) is 0 Å². The summed E-state index contributed by atoms with van der Waals surface area (Å²) in [6, 6.07) is 2.98. The molecule has 3 nitrogen and oxygen atoms in total. The Balaban J connectivity index is 2.38. The van der Waals surface area contributed by atoms with Crippen LogP contribution in [0.1, 0.15) is 65.7 Å². The molecule has 0 amide bonds. The second kappa shape index (κ2) is 7.87. The van der Waals surface area contributed by atoms with Gasteiger partial charge in [0.25, 0.3) is 0 Å². The Morgan fingerprint density at radius 2 is 1.95 bits per heavy atom. The van der Waals surface area contributed by atoms with Crippen molar-refractivity contribution in [1.29, 1.82) is 5.26 Å². The zero-order valence-electron chi connectivity index (χ0n) is 13.0. The fourth-order valence-corrected chi connectivity index (χ4v) is 2.88. The number of hydrogen-bond donors (Lipinski definition) is 1. The maximum Gasteiger partial charge on any atom is 0.101 e. The first-order valence-electron chi connectivity index (χ1n) is 7.89. The molecule has 0 aromatic rings. The first kappa shape index (κ1) is 16.5. The number of rotatable bonds is 8. The molecular weight excluding hydrogens is 234 g/mol. The number of nitrogens with zero attached hydrogens (tertiary/aromatic N) is 2. The van der Waals surface area contributed by atoms with Crippen molar-refractivity contribution in [1.82, 2.24) is 4.90 Å². The lowest BCUT2D eigenvalue weighted by atomic mass is 9.98. The van der Waals surface area contributed by atoms with Crippen molar-refractivity contribution in [2.75, 3.05) is 13.1 Å². The molecule has 0 aliphatic heterocycles. The maximum atomic E-state index is 8.96. The molecule has 0 bridgehead atoms. The zero-order chi connectivity index (χ0) is 14.3. The van der Waals surface area contributed by atoms with Crippen LogP contribution in [-0.4, -0.2) is 29.6 Å². The Labute approximate surface area is 119 Å². The number of hydrogen-bond acceptors (Lipinski definition) is 3. The molecular formula is C16H31N3. The monoisotopic (exact) mass is 265 g/mol. The van der Waals surface area contributed by atoms with E-state index in [9.17, 15) is 0 Å². The largest absolute Gasteiger partial charge is 0.314 e. The van der Waals surface area contributed by atoms with Gasteiger partial charge in [0, 0.05) is 6.04 Å². The summed E-state index contributed by atoms with van der Waals surface area (Å²) in [6.45, 7) is 8.72. The van der Waals surface area contributed by atoms with Gasteiger partial charge in [-0.25, -0.2) is 0 Å². The molecule has 2 N–H and O–H groups in total. The summed E-state index contributed by atoms with van der Waals surface area (Å²) in [4.78, 5) is 2.65. The highest BCUT2D eigenvalue weighted by atomic mass is 15.2. The van der Waals surface area contributed by atoms with Crippen LogP contribution < -0.4 is 5.73 Å². The van der Waals surface area contributed by atoms with Gasteiger partial charge < -0.3 is 10.6 Å². The molecule has 19 heavy (non-hydrogen) atoms. The summed E-state index contributed by atoms with van der Waals surface area (Å²) in [5.41, 5.74) is 5.24. The van der Waals surface area contributed by atoms with Crippen LogP contribution in [0.15, 0.2) is 0 Å². The van der Waals surface area contributed by atoms with E-state index in [1.165, 1.54) is 38.6 Å². The molecule has 0 spiro atoms. The van der Waals surface area contributed by atoms with Crippen LogP contribution >= 0.6 is 0 Å². The van der Waals surface area contributed by atoms with Gasteiger partial charge in [-0.1, -0.05) is 26.7 Å². The molecule has 0 aromatic heterocycles. The van der Waals surface area contributed by atoms with E-state index in [1.807, 2.05) is 6.92 Å². The van der Waals surface area contributed by atoms with Crippen molar-refractivity contribution in [3.05, 3.63) is 0 Å². The van der Waals surface area contributed by atoms with Gasteiger partial charge >= 0.3 is 0 Å². The minimum absolute atomic E-state index is 0.653. The van der Waals surface area contributed by atoms with Crippen LogP contribution in [0.25, 0.3) is 0 Å². The normalized spacial score (nSPS) is 19.8. The Morgan fingerprint density at radius 3 is 2.47 bits per heavy atom. The second-order valence-corrected chi connectivity index (χ2v) is 6.79. The minimum Gasteiger partial charge on any atom is -0.314 e. The van der Waals surface area contributed by atoms with E-state index in [-0.39, 0.29) is 0 Å². The molecule has 110 valence electrons. The van der Waals surface area contributed by atoms with E-state index in [1.54, 1.807) is 0 Å². The second-order valence-electron chi connectivity index (χ2n) is 6.79. The third kappa shape index (κ3) is 6.40. The van der Waals surface area contributed by atoms with Gasteiger partial charge in [-0.2, -0.15) is 5.26 Å². The lowest BCUT2D eigenvalue weighted by Crippen LogP contribution is -2.38. The van der Waals surface area contributed by atoms with Crippen molar-refractivity contribution in [3.8, 4) is 6.07 Å². The van der Waals surface area contributed by atoms with Gasteiger partial charge in [0.2, 0.25) is 0 Å². The van der Waals surface area contributed by atoms with Crippen LogP contribution in [0.3, 0.4) is 0 Å². The summed E-state index contributed by atoms with van der Waals surface area (Å²) in [5, 5.41) is 8.96. The highest BCUT2D eigenvalue weighted by Crippen LogP contribution is 2.24. The highest BCUT2D eigenvalue weighted by Gasteiger charge is 2.23. The van der Waals surface area contributed by atoms with Crippen molar-refractivity contribution in [2.45, 2.75) is 77.3 Å². The lowest BCUT2D eigenvalue weighted by molar-refractivity contribution is 0.182. The Kier molecular flexibility index (Phi) is 6.82. The lowest BCUT2D eigenvalue weighted by Gasteiger charge is -2.30. The minimum atomic E-state index is -0.653. The molecule has 0 heterocycles. The van der Waals surface area contributed by atoms with Crippen molar-refractivity contribution < 1.29 is 0 Å². The third-order valence-electron chi connectivity index (χ3n) is 4.23. The fourth-order valence-electron chi connectivity index (χ4n) is 2.88. The fraction of sp³-hybridized carbons (Fsp3) is 0.938. The summed E-state index contributed by atoms with van der Waals surface area (Å²) in [7, 11) is 0. The molecule has 0 radical (unpaired) electrons. The molecule has 1 atom stereocenters. The Bertz CT molecular complexity index is 285. The first-order valence-corrected chi connectivity index (χ1v) is 7.89. The van der Waals surface area contributed by atoms with E-state index < -0.39 is 5.54 Å². The summed E-state index contributed by atoms with van der Waals surface area (Å²) >= 11 is 0. The molecule has 1 aliphatic rings. The molecule has 3 heteroatoms. The molecule has 0 saturated heterocycles. The highest BCUT2D eigenvalue weighted by molar-refractivity contribution is 5.00. The van der Waals surface area contributed by atoms with Crippen molar-refractivity contribution >= 4 is 0 Å². The van der Waals surface area contributed by atoms with Gasteiger partial charge in [0.1, 0.15) is 5.54 Å². The van der Waals surface area contributed by atoms with Gasteiger partial charge in [0.15, 0.2) is 0 Å². The Morgan fingerprint density at radius 1 is 1.32 bits per heavy atom. The van der Waals surface area contributed by atoms with Gasteiger partial charge in [0.05, 0.1) is 6.07 Å². The Hall–Kier alpha value is -0.590. The molecule has 0 aromatic carbocycles. The van der Waals surface area contributed by atoms with E-state index in [2.05, 4.69) is 24.8 Å². The predicted molar refractivity (Wildman–Crippen MR) is 80.7 cm³/mol. The van der Waals surface area contributed by atoms with Gasteiger partial charge in [-0.3, -0.25) is 0 Å². The quantitative estimate of drug-likeness (QED) is 0.732. The number of nitriles is 1. The van der Waals surface area contributed by atoms with Crippen LogP contribution in [0, 0.1) is 17.2 Å². The molecule has 1 fully saturated rings. The van der Waals surface area contributed by atoms with E-state index in [4.69, 9.17) is 11.0 Å². The maximum absolute atomic E-state index is 8.96. The van der Waals surface area contributed by atoms with Gasteiger partial charge in [-0.05, 0) is 58.0 Å². The standard InChI is InChI=1S/C16H31N3/c1-14(2)9-12-19(15-7-4-5-8-15)11-6-10-16(3,18)13-17/h14-15H,4-12,18H2,1-3H3.